The van der Waals surface area contributed by atoms with Gasteiger partial charge < -0.3 is 19.5 Å². The van der Waals surface area contributed by atoms with Crippen LogP contribution in [0, 0.1) is 12.8 Å². The highest BCUT2D eigenvalue weighted by atomic mass is 16.5. The van der Waals surface area contributed by atoms with E-state index in [2.05, 4.69) is 42.8 Å². The summed E-state index contributed by atoms with van der Waals surface area (Å²) in [5.74, 6) is 0.391. The van der Waals surface area contributed by atoms with Gasteiger partial charge in [0, 0.05) is 44.2 Å². The molecule has 2 heterocycles. The zero-order valence-electron chi connectivity index (χ0n) is 14.3. The molecular formula is C17H29N3O2. The van der Waals surface area contributed by atoms with Gasteiger partial charge in [-0.25, -0.2) is 4.79 Å². The SMILES string of the molecule is CCOCCCNC(=O)N1CCn2c(C)ccc2C1C(C)C. The van der Waals surface area contributed by atoms with Crippen LogP contribution in [0.5, 0.6) is 0 Å². The van der Waals surface area contributed by atoms with Crippen molar-refractivity contribution in [3.05, 3.63) is 23.5 Å². The van der Waals surface area contributed by atoms with Crippen LogP contribution in [0.3, 0.4) is 0 Å². The molecule has 1 aromatic heterocycles. The van der Waals surface area contributed by atoms with Crippen molar-refractivity contribution in [2.24, 2.45) is 5.92 Å². The molecule has 0 spiro atoms. The molecule has 1 atom stereocenters. The van der Waals surface area contributed by atoms with Gasteiger partial charge in [0.25, 0.3) is 0 Å². The lowest BCUT2D eigenvalue weighted by Gasteiger charge is -2.39. The van der Waals surface area contributed by atoms with Crippen LogP contribution >= 0.6 is 0 Å². The fourth-order valence-corrected chi connectivity index (χ4v) is 3.20. The van der Waals surface area contributed by atoms with Gasteiger partial charge in [0.2, 0.25) is 0 Å². The Morgan fingerprint density at radius 3 is 2.86 bits per heavy atom. The molecular weight excluding hydrogens is 278 g/mol. The molecule has 0 bridgehead atoms. The lowest BCUT2D eigenvalue weighted by atomic mass is 9.97. The lowest BCUT2D eigenvalue weighted by molar-refractivity contribution is 0.128. The number of aromatic nitrogens is 1. The standard InChI is InChI=1S/C17H29N3O2/c1-5-22-12-6-9-18-17(21)20-11-10-19-14(4)7-8-15(19)16(20)13(2)3/h7-8,13,16H,5-6,9-12H2,1-4H3,(H,18,21). The largest absolute Gasteiger partial charge is 0.382 e. The minimum absolute atomic E-state index is 0.0419. The Hall–Kier alpha value is -1.49. The van der Waals surface area contributed by atoms with E-state index in [0.717, 1.165) is 26.1 Å². The molecule has 1 N–H and O–H groups in total. The maximum absolute atomic E-state index is 12.5. The molecule has 0 aliphatic carbocycles. The van der Waals surface area contributed by atoms with E-state index in [0.29, 0.717) is 19.1 Å². The summed E-state index contributed by atoms with van der Waals surface area (Å²) >= 11 is 0. The topological polar surface area (TPSA) is 46.5 Å². The summed E-state index contributed by atoms with van der Waals surface area (Å²) in [7, 11) is 0. The normalized spacial score (nSPS) is 17.7. The molecule has 1 unspecified atom stereocenters. The van der Waals surface area contributed by atoms with Crippen LogP contribution in [0.1, 0.15) is 44.6 Å². The van der Waals surface area contributed by atoms with Crippen LogP contribution in [0.2, 0.25) is 0 Å². The van der Waals surface area contributed by atoms with Crippen LogP contribution in [0.15, 0.2) is 12.1 Å². The van der Waals surface area contributed by atoms with Crippen LogP contribution in [-0.4, -0.2) is 41.8 Å². The van der Waals surface area contributed by atoms with Crippen LogP contribution in [-0.2, 0) is 11.3 Å². The van der Waals surface area contributed by atoms with Gasteiger partial charge in [0.05, 0.1) is 6.04 Å². The molecule has 0 aromatic carbocycles. The molecule has 5 nitrogen and oxygen atoms in total. The molecule has 22 heavy (non-hydrogen) atoms. The van der Waals surface area contributed by atoms with Crippen LogP contribution in [0.25, 0.3) is 0 Å². The molecule has 1 aromatic rings. The van der Waals surface area contributed by atoms with Gasteiger partial charge in [-0.1, -0.05) is 13.8 Å². The first-order chi connectivity index (χ1) is 10.6. The van der Waals surface area contributed by atoms with Gasteiger partial charge in [-0.2, -0.15) is 0 Å². The van der Waals surface area contributed by atoms with Crippen molar-refractivity contribution in [3.8, 4) is 0 Å². The highest BCUT2D eigenvalue weighted by Crippen LogP contribution is 2.33. The fourth-order valence-electron chi connectivity index (χ4n) is 3.20. The molecule has 1 aliphatic rings. The summed E-state index contributed by atoms with van der Waals surface area (Å²) in [5.41, 5.74) is 2.53. The van der Waals surface area contributed by atoms with Gasteiger partial charge in [-0.3, -0.25) is 0 Å². The van der Waals surface area contributed by atoms with Crippen molar-refractivity contribution in [1.29, 1.82) is 0 Å². The molecule has 1 aliphatic heterocycles. The second-order valence-electron chi connectivity index (χ2n) is 6.22. The lowest BCUT2D eigenvalue weighted by Crippen LogP contribution is -2.48. The summed E-state index contributed by atoms with van der Waals surface area (Å²) in [5, 5.41) is 3.03. The van der Waals surface area contributed by atoms with Crippen molar-refractivity contribution >= 4 is 6.03 Å². The zero-order chi connectivity index (χ0) is 16.1. The van der Waals surface area contributed by atoms with Gasteiger partial charge in [-0.15, -0.1) is 0 Å². The summed E-state index contributed by atoms with van der Waals surface area (Å²) in [4.78, 5) is 14.5. The van der Waals surface area contributed by atoms with Crippen LogP contribution in [0.4, 0.5) is 4.79 Å². The Morgan fingerprint density at radius 2 is 2.18 bits per heavy atom. The molecule has 124 valence electrons. The average molecular weight is 307 g/mol. The first-order valence-electron chi connectivity index (χ1n) is 8.34. The molecule has 5 heteroatoms. The van der Waals surface area contributed by atoms with E-state index in [4.69, 9.17) is 4.74 Å². The smallest absolute Gasteiger partial charge is 0.318 e. The second kappa shape index (κ2) is 7.68. The minimum atomic E-state index is 0.0419. The fraction of sp³-hybridized carbons (Fsp3) is 0.706. The van der Waals surface area contributed by atoms with Gasteiger partial charge in [0.15, 0.2) is 0 Å². The molecule has 0 radical (unpaired) electrons. The van der Waals surface area contributed by atoms with E-state index in [1.54, 1.807) is 0 Å². The molecule has 2 amide bonds. The van der Waals surface area contributed by atoms with E-state index in [1.165, 1.54) is 11.4 Å². The molecule has 0 fully saturated rings. The summed E-state index contributed by atoms with van der Waals surface area (Å²) < 4.78 is 7.64. The predicted octanol–water partition coefficient (Wildman–Crippen LogP) is 2.95. The Labute approximate surface area is 133 Å². The van der Waals surface area contributed by atoms with Crippen molar-refractivity contribution in [1.82, 2.24) is 14.8 Å². The number of fused-ring (bicyclic) bond motifs is 1. The van der Waals surface area contributed by atoms with E-state index in [1.807, 2.05) is 11.8 Å². The first-order valence-corrected chi connectivity index (χ1v) is 8.34. The number of nitrogens with one attached hydrogen (secondary N) is 1. The summed E-state index contributed by atoms with van der Waals surface area (Å²) in [6.07, 6.45) is 0.856. The Balaban J connectivity index is 1.99. The first kappa shape index (κ1) is 16.9. The number of amides is 2. The number of ether oxygens (including phenoxy) is 1. The summed E-state index contributed by atoms with van der Waals surface area (Å²) in [6, 6.07) is 4.50. The number of carbonyl (C=O) groups is 1. The maximum Gasteiger partial charge on any atom is 0.318 e. The van der Waals surface area contributed by atoms with Gasteiger partial charge >= 0.3 is 6.03 Å². The number of urea groups is 1. The number of hydrogen-bond donors (Lipinski definition) is 1. The Bertz CT molecular complexity index is 496. The Kier molecular flexibility index (Phi) is 5.89. The van der Waals surface area contributed by atoms with Crippen molar-refractivity contribution in [3.63, 3.8) is 0 Å². The predicted molar refractivity (Wildman–Crippen MR) is 88.0 cm³/mol. The van der Waals surface area contributed by atoms with E-state index in [-0.39, 0.29) is 12.1 Å². The molecule has 0 saturated heterocycles. The van der Waals surface area contributed by atoms with Crippen molar-refractivity contribution < 1.29 is 9.53 Å². The average Bonchev–Trinajstić information content (AvgIpc) is 2.87. The number of rotatable bonds is 6. The van der Waals surface area contributed by atoms with Crippen molar-refractivity contribution in [2.75, 3.05) is 26.3 Å². The van der Waals surface area contributed by atoms with Gasteiger partial charge in [-0.05, 0) is 38.3 Å². The minimum Gasteiger partial charge on any atom is -0.382 e. The Morgan fingerprint density at radius 1 is 1.41 bits per heavy atom. The van der Waals surface area contributed by atoms with E-state index >= 15 is 0 Å². The zero-order valence-corrected chi connectivity index (χ0v) is 14.3. The number of carbonyl (C=O) groups excluding carboxylic acids is 1. The molecule has 2 rings (SSSR count). The van der Waals surface area contributed by atoms with E-state index < -0.39 is 0 Å². The number of aryl methyl sites for hydroxylation is 1. The maximum atomic E-state index is 12.5. The quantitative estimate of drug-likeness (QED) is 0.821. The second-order valence-corrected chi connectivity index (χ2v) is 6.22. The number of nitrogens with zero attached hydrogens (tertiary/aromatic N) is 2. The monoisotopic (exact) mass is 307 g/mol. The van der Waals surface area contributed by atoms with Crippen LogP contribution < -0.4 is 5.32 Å². The third-order valence-electron chi connectivity index (χ3n) is 4.27. The third kappa shape index (κ3) is 3.64. The highest BCUT2D eigenvalue weighted by molar-refractivity contribution is 5.75. The van der Waals surface area contributed by atoms with E-state index in [9.17, 15) is 4.79 Å². The third-order valence-corrected chi connectivity index (χ3v) is 4.27. The van der Waals surface area contributed by atoms with Crippen molar-refractivity contribution in [2.45, 2.75) is 46.7 Å². The molecule has 0 saturated carbocycles. The highest BCUT2D eigenvalue weighted by Gasteiger charge is 2.33. The number of hydrogen-bond acceptors (Lipinski definition) is 2. The van der Waals surface area contributed by atoms with Gasteiger partial charge in [0.1, 0.15) is 0 Å². The summed E-state index contributed by atoms with van der Waals surface area (Å²) in [6.45, 7) is 12.2.